The fourth-order valence-electron chi connectivity index (χ4n) is 6.22. The van der Waals surface area contributed by atoms with Crippen molar-refractivity contribution < 1.29 is 18.3 Å². The fraction of sp³-hybridized carbons (Fsp3) is 0.357. The molecule has 0 aliphatic heterocycles. The fourth-order valence-corrected chi connectivity index (χ4v) is 6.22. The molecule has 1 N–H and O–H groups in total. The second kappa shape index (κ2) is 7.49. The third kappa shape index (κ3) is 3.03. The molecule has 2 aliphatic carbocycles. The van der Waals surface area contributed by atoms with Crippen LogP contribution in [0.2, 0.25) is 0 Å². The molecule has 0 radical (unpaired) electrons. The number of nitrogens with zero attached hydrogens (tertiary/aromatic N) is 4. The van der Waals surface area contributed by atoms with Crippen LogP contribution in [0, 0.1) is 17.0 Å². The van der Waals surface area contributed by atoms with E-state index in [1.54, 1.807) is 19.9 Å². The summed E-state index contributed by atoms with van der Waals surface area (Å²) >= 11 is 0. The van der Waals surface area contributed by atoms with Gasteiger partial charge in [0.2, 0.25) is 5.89 Å². The molecule has 1 saturated carbocycles. The zero-order valence-corrected chi connectivity index (χ0v) is 20.5. The van der Waals surface area contributed by atoms with Crippen LogP contribution < -0.4 is 0 Å². The molecule has 2 aliphatic rings. The molecule has 0 amide bonds. The Morgan fingerprint density at radius 2 is 1.72 bits per heavy atom. The van der Waals surface area contributed by atoms with E-state index in [1.165, 1.54) is 24.5 Å². The normalized spacial score (nSPS) is 22.1. The van der Waals surface area contributed by atoms with E-state index in [0.29, 0.717) is 17.3 Å². The second-order valence-electron chi connectivity index (χ2n) is 10.9. The van der Waals surface area contributed by atoms with Crippen molar-refractivity contribution in [3.05, 3.63) is 83.0 Å². The number of hydrogen-bond acceptors (Lipinski definition) is 6. The molecular formula is C28H26F2N4O2. The minimum atomic E-state index is -1.13. The summed E-state index contributed by atoms with van der Waals surface area (Å²) in [7, 11) is 0. The number of aliphatic hydroxyl groups is 1. The number of aromatic nitrogens is 4. The van der Waals surface area contributed by atoms with Crippen molar-refractivity contribution in [1.29, 1.82) is 0 Å². The molecule has 4 aromatic rings. The monoisotopic (exact) mass is 488 g/mol. The lowest BCUT2D eigenvalue weighted by atomic mass is 9.66. The molecule has 2 bridgehead atoms. The van der Waals surface area contributed by atoms with E-state index in [-0.39, 0.29) is 22.6 Å². The minimum absolute atomic E-state index is 0.144. The molecule has 36 heavy (non-hydrogen) atoms. The number of oxazole rings is 1. The summed E-state index contributed by atoms with van der Waals surface area (Å²) < 4.78 is 34.6. The summed E-state index contributed by atoms with van der Waals surface area (Å²) in [6.07, 6.45) is 3.17. The van der Waals surface area contributed by atoms with Gasteiger partial charge in [-0.25, -0.2) is 18.7 Å². The van der Waals surface area contributed by atoms with Crippen molar-refractivity contribution in [3.8, 4) is 22.8 Å². The quantitative estimate of drug-likeness (QED) is 0.385. The SMILES string of the molecule is CC(C)(O)c1coc(-c2cccc([C@]34CC[C@@H](c5cc(-c6c(F)cccc6F)nnc53)C4(C)C)n2)n1. The van der Waals surface area contributed by atoms with Gasteiger partial charge < -0.3 is 9.52 Å². The van der Waals surface area contributed by atoms with Crippen LogP contribution >= 0.6 is 0 Å². The Morgan fingerprint density at radius 3 is 2.42 bits per heavy atom. The van der Waals surface area contributed by atoms with Gasteiger partial charge in [0.05, 0.1) is 28.1 Å². The molecule has 0 spiro atoms. The maximum Gasteiger partial charge on any atom is 0.245 e. The van der Waals surface area contributed by atoms with Crippen molar-refractivity contribution in [2.45, 2.75) is 57.5 Å². The van der Waals surface area contributed by atoms with Gasteiger partial charge in [-0.2, -0.15) is 5.10 Å². The van der Waals surface area contributed by atoms with Crippen molar-refractivity contribution >= 4 is 0 Å². The third-order valence-corrected chi connectivity index (χ3v) is 8.14. The summed E-state index contributed by atoms with van der Waals surface area (Å²) in [6, 6.07) is 11.3. The van der Waals surface area contributed by atoms with Gasteiger partial charge in [-0.1, -0.05) is 26.0 Å². The number of fused-ring (bicyclic) bond motifs is 5. The van der Waals surface area contributed by atoms with Crippen molar-refractivity contribution in [3.63, 3.8) is 0 Å². The standard InChI is InChI=1S/C28H26F2N4O2/c1-26(2)16-11-12-28(26,21-10-6-9-19(31-21)25-32-22(14-36-25)27(3,4)35)24-15(16)13-20(33-34-24)23-17(29)7-5-8-18(23)30/h5-10,13-14,16,35H,11-12H2,1-4H3/t16-,28+/m0/s1. The van der Waals surface area contributed by atoms with Crippen LogP contribution in [0.5, 0.6) is 0 Å². The van der Waals surface area contributed by atoms with Crippen LogP contribution in [0.25, 0.3) is 22.8 Å². The van der Waals surface area contributed by atoms with Gasteiger partial charge in [0, 0.05) is 0 Å². The van der Waals surface area contributed by atoms with E-state index in [2.05, 4.69) is 29.0 Å². The Bertz CT molecular complexity index is 1490. The smallest absolute Gasteiger partial charge is 0.245 e. The van der Waals surface area contributed by atoms with E-state index in [1.807, 2.05) is 18.2 Å². The predicted molar refractivity (Wildman–Crippen MR) is 129 cm³/mol. The number of hydrogen-bond donors (Lipinski definition) is 1. The zero-order valence-electron chi connectivity index (χ0n) is 20.5. The van der Waals surface area contributed by atoms with Crippen LogP contribution in [0.4, 0.5) is 8.78 Å². The first-order valence-electron chi connectivity index (χ1n) is 12.0. The Morgan fingerprint density at radius 1 is 1.00 bits per heavy atom. The molecule has 0 saturated heterocycles. The predicted octanol–water partition coefficient (Wildman–Crippen LogP) is 5.90. The highest BCUT2D eigenvalue weighted by Gasteiger charge is 2.65. The van der Waals surface area contributed by atoms with E-state index in [0.717, 1.165) is 29.8 Å². The first-order valence-corrected chi connectivity index (χ1v) is 12.0. The van der Waals surface area contributed by atoms with Gasteiger partial charge in [0.15, 0.2) is 0 Å². The first-order chi connectivity index (χ1) is 17.0. The summed E-state index contributed by atoms with van der Waals surface area (Å²) in [5.41, 5.74) is 1.71. The van der Waals surface area contributed by atoms with Gasteiger partial charge in [-0.3, -0.25) is 0 Å². The summed E-state index contributed by atoms with van der Waals surface area (Å²) in [4.78, 5) is 9.41. The van der Waals surface area contributed by atoms with Crippen LogP contribution in [-0.2, 0) is 11.0 Å². The molecule has 6 nitrogen and oxygen atoms in total. The molecule has 8 heteroatoms. The minimum Gasteiger partial charge on any atom is -0.443 e. The molecule has 6 rings (SSSR count). The first kappa shape index (κ1) is 22.9. The van der Waals surface area contributed by atoms with Gasteiger partial charge in [0.1, 0.15) is 34.9 Å². The maximum absolute atomic E-state index is 14.5. The summed E-state index contributed by atoms with van der Waals surface area (Å²) in [5, 5.41) is 19.2. The van der Waals surface area contributed by atoms with E-state index >= 15 is 0 Å². The lowest BCUT2D eigenvalue weighted by Crippen LogP contribution is -2.37. The Balaban J connectivity index is 1.48. The highest BCUT2D eigenvalue weighted by Crippen LogP contribution is 2.69. The van der Waals surface area contributed by atoms with Crippen LogP contribution in [0.1, 0.15) is 69.1 Å². The maximum atomic E-state index is 14.5. The number of pyridine rings is 1. The molecule has 2 atom stereocenters. The van der Waals surface area contributed by atoms with E-state index in [4.69, 9.17) is 9.40 Å². The molecule has 3 aromatic heterocycles. The largest absolute Gasteiger partial charge is 0.443 e. The highest BCUT2D eigenvalue weighted by molar-refractivity contribution is 5.64. The Hall–Kier alpha value is -3.52. The van der Waals surface area contributed by atoms with Gasteiger partial charge >= 0.3 is 0 Å². The van der Waals surface area contributed by atoms with Crippen molar-refractivity contribution in [2.75, 3.05) is 0 Å². The molecule has 184 valence electrons. The lowest BCUT2D eigenvalue weighted by Gasteiger charge is -2.37. The number of benzene rings is 1. The topological polar surface area (TPSA) is 84.9 Å². The van der Waals surface area contributed by atoms with Crippen molar-refractivity contribution in [1.82, 2.24) is 20.2 Å². The zero-order chi connectivity index (χ0) is 25.5. The Kier molecular flexibility index (Phi) is 4.77. The average molecular weight is 489 g/mol. The average Bonchev–Trinajstić information content (AvgIpc) is 3.48. The number of halogens is 2. The van der Waals surface area contributed by atoms with Crippen LogP contribution in [0.3, 0.4) is 0 Å². The molecule has 0 unspecified atom stereocenters. The van der Waals surface area contributed by atoms with Crippen LogP contribution in [-0.4, -0.2) is 25.3 Å². The highest BCUT2D eigenvalue weighted by atomic mass is 19.1. The van der Waals surface area contributed by atoms with E-state index < -0.39 is 22.7 Å². The second-order valence-corrected chi connectivity index (χ2v) is 10.9. The molecule has 1 aromatic carbocycles. The summed E-state index contributed by atoms with van der Waals surface area (Å²) in [5.74, 6) is -0.850. The van der Waals surface area contributed by atoms with Gasteiger partial charge in [-0.05, 0) is 73.9 Å². The van der Waals surface area contributed by atoms with E-state index in [9.17, 15) is 13.9 Å². The van der Waals surface area contributed by atoms with Crippen LogP contribution in [0.15, 0.2) is 53.1 Å². The Labute approximate surface area is 207 Å². The molecule has 1 fully saturated rings. The van der Waals surface area contributed by atoms with Crippen molar-refractivity contribution in [2.24, 2.45) is 5.41 Å². The number of rotatable bonds is 4. The summed E-state index contributed by atoms with van der Waals surface area (Å²) in [6.45, 7) is 7.69. The van der Waals surface area contributed by atoms with Gasteiger partial charge in [-0.15, -0.1) is 5.10 Å². The molecule has 3 heterocycles. The third-order valence-electron chi connectivity index (χ3n) is 8.14. The molecular weight excluding hydrogens is 462 g/mol. The van der Waals surface area contributed by atoms with Gasteiger partial charge in [0.25, 0.3) is 0 Å². The lowest BCUT2D eigenvalue weighted by molar-refractivity contribution is 0.0738.